The fourth-order valence-corrected chi connectivity index (χ4v) is 3.90. The first-order valence-electron chi connectivity index (χ1n) is 9.00. The van der Waals surface area contributed by atoms with Crippen LogP contribution < -0.4 is 4.52 Å². The Morgan fingerprint density at radius 3 is 1.83 bits per heavy atom. The number of rotatable bonds is 2. The van der Waals surface area contributed by atoms with Gasteiger partial charge in [-0.1, -0.05) is 60.1 Å². The van der Waals surface area contributed by atoms with Crippen molar-refractivity contribution in [3.05, 3.63) is 88.9 Å². The highest BCUT2D eigenvalue weighted by atomic mass is 35.5. The van der Waals surface area contributed by atoms with Gasteiger partial charge in [-0.05, 0) is 24.3 Å². The zero-order valence-electron chi connectivity index (χ0n) is 15.4. The van der Waals surface area contributed by atoms with Crippen molar-refractivity contribution in [2.45, 2.75) is 13.2 Å². The van der Waals surface area contributed by atoms with Gasteiger partial charge in [-0.3, -0.25) is 19.0 Å². The first-order valence-corrected chi connectivity index (χ1v) is 10.5. The van der Waals surface area contributed by atoms with Crippen LogP contribution in [0.15, 0.2) is 82.8 Å². The molecule has 0 spiro atoms. The molecule has 5 nitrogen and oxygen atoms in total. The van der Waals surface area contributed by atoms with Gasteiger partial charge in [0.25, 0.3) is 0 Å². The number of para-hydroxylation sites is 3. The third-order valence-corrected chi connectivity index (χ3v) is 5.48. The number of benzene rings is 3. The predicted octanol–water partition coefficient (Wildman–Crippen LogP) is 6.80. The molecule has 0 saturated carbocycles. The highest BCUT2D eigenvalue weighted by Crippen LogP contribution is 2.45. The SMILES string of the molecule is Clc1ccccc1OP1OCc2ccccc2N=CC=Nc2ccccc2CO1. The molecule has 0 aliphatic carbocycles. The van der Waals surface area contributed by atoms with Gasteiger partial charge in [-0.25, -0.2) is 0 Å². The predicted molar refractivity (Wildman–Crippen MR) is 118 cm³/mol. The summed E-state index contributed by atoms with van der Waals surface area (Å²) in [5, 5.41) is 0.500. The standard InChI is InChI=1S/C22H18ClN2O3P/c23-19-9-3-6-12-22(19)28-29-26-15-17-7-1-4-10-20(17)24-13-14-25-21-11-5-2-8-18(21)16-27-29/h1-14H,15-16H2. The zero-order chi connectivity index (χ0) is 19.9. The zero-order valence-corrected chi connectivity index (χ0v) is 17.1. The summed E-state index contributed by atoms with van der Waals surface area (Å²) in [6.07, 6.45) is 3.36. The van der Waals surface area contributed by atoms with Crippen LogP contribution in [-0.4, -0.2) is 12.4 Å². The molecule has 0 radical (unpaired) electrons. The van der Waals surface area contributed by atoms with E-state index in [9.17, 15) is 0 Å². The summed E-state index contributed by atoms with van der Waals surface area (Å²) >= 11 is 6.24. The minimum atomic E-state index is -1.70. The van der Waals surface area contributed by atoms with E-state index in [1.807, 2.05) is 60.7 Å². The van der Waals surface area contributed by atoms with Gasteiger partial charge in [0.1, 0.15) is 5.75 Å². The van der Waals surface area contributed by atoms with Crippen LogP contribution in [0, 0.1) is 0 Å². The third kappa shape index (κ3) is 5.28. The quantitative estimate of drug-likeness (QED) is 0.425. The minimum absolute atomic E-state index is 0.294. The maximum atomic E-state index is 6.24. The molecule has 3 aromatic rings. The van der Waals surface area contributed by atoms with Crippen molar-refractivity contribution < 1.29 is 13.6 Å². The van der Waals surface area contributed by atoms with Crippen LogP contribution in [0.3, 0.4) is 0 Å². The average Bonchev–Trinajstić information content (AvgIpc) is 2.77. The number of hydrogen-bond acceptors (Lipinski definition) is 5. The normalized spacial score (nSPS) is 16.7. The van der Waals surface area contributed by atoms with Gasteiger partial charge in [0.15, 0.2) is 0 Å². The van der Waals surface area contributed by atoms with Crippen molar-refractivity contribution in [2.24, 2.45) is 9.98 Å². The average molecular weight is 425 g/mol. The third-order valence-electron chi connectivity index (χ3n) is 4.14. The molecule has 29 heavy (non-hydrogen) atoms. The summed E-state index contributed by atoms with van der Waals surface area (Å²) in [6.45, 7) is 0.588. The summed E-state index contributed by atoms with van der Waals surface area (Å²) in [6, 6.07) is 22.8. The highest BCUT2D eigenvalue weighted by molar-refractivity contribution is 7.42. The molecule has 1 heterocycles. The van der Waals surface area contributed by atoms with Crippen molar-refractivity contribution in [1.82, 2.24) is 0 Å². The smallest absolute Gasteiger partial charge is 0.397 e. The molecule has 0 atom stereocenters. The van der Waals surface area contributed by atoms with E-state index in [1.165, 1.54) is 0 Å². The molecule has 1 aliphatic heterocycles. The van der Waals surface area contributed by atoms with Crippen LogP contribution in [-0.2, 0) is 22.3 Å². The first kappa shape index (κ1) is 19.7. The lowest BCUT2D eigenvalue weighted by Crippen LogP contribution is -2.00. The number of aliphatic imine (C=N–C) groups is 2. The highest BCUT2D eigenvalue weighted by Gasteiger charge is 2.19. The minimum Gasteiger partial charge on any atom is -0.425 e. The lowest BCUT2D eigenvalue weighted by molar-refractivity contribution is 0.192. The van der Waals surface area contributed by atoms with Gasteiger partial charge >= 0.3 is 8.60 Å². The molecule has 0 unspecified atom stereocenters. The number of hydrogen-bond donors (Lipinski definition) is 0. The fraction of sp³-hybridized carbons (Fsp3) is 0.0909. The summed E-state index contributed by atoms with van der Waals surface area (Å²) in [4.78, 5) is 9.00. The molecule has 7 heteroatoms. The van der Waals surface area contributed by atoms with Crippen LogP contribution in [0.4, 0.5) is 11.4 Å². The Kier molecular flexibility index (Phi) is 6.65. The van der Waals surface area contributed by atoms with E-state index in [1.54, 1.807) is 24.6 Å². The van der Waals surface area contributed by atoms with Crippen LogP contribution in [0.1, 0.15) is 11.1 Å². The van der Waals surface area contributed by atoms with Crippen molar-refractivity contribution in [3.63, 3.8) is 0 Å². The van der Waals surface area contributed by atoms with Crippen molar-refractivity contribution in [3.8, 4) is 5.75 Å². The number of fused-ring (bicyclic) bond motifs is 2. The van der Waals surface area contributed by atoms with Crippen LogP contribution in [0.5, 0.6) is 5.75 Å². The largest absolute Gasteiger partial charge is 0.425 e. The van der Waals surface area contributed by atoms with Gasteiger partial charge in [0, 0.05) is 23.6 Å². The Labute approximate surface area is 175 Å². The Bertz CT molecular complexity index is 982. The lowest BCUT2D eigenvalue weighted by Gasteiger charge is -2.18. The molecule has 1 aliphatic rings. The molecule has 0 aromatic heterocycles. The molecule has 0 amide bonds. The topological polar surface area (TPSA) is 52.4 Å². The molecular formula is C22H18ClN2O3P. The molecule has 0 fully saturated rings. The van der Waals surface area contributed by atoms with E-state index in [0.717, 1.165) is 22.5 Å². The molecule has 0 saturated heterocycles. The second-order valence-electron chi connectivity index (χ2n) is 6.11. The monoisotopic (exact) mass is 424 g/mol. The van der Waals surface area contributed by atoms with Gasteiger partial charge in [-0.15, -0.1) is 0 Å². The van der Waals surface area contributed by atoms with Crippen molar-refractivity contribution in [1.29, 1.82) is 0 Å². The molecule has 4 rings (SSSR count). The van der Waals surface area contributed by atoms with Crippen LogP contribution in [0.25, 0.3) is 0 Å². The van der Waals surface area contributed by atoms with Crippen LogP contribution in [0.2, 0.25) is 5.02 Å². The second-order valence-corrected chi connectivity index (χ2v) is 7.66. The maximum Gasteiger partial charge on any atom is 0.397 e. The van der Waals surface area contributed by atoms with E-state index in [-0.39, 0.29) is 0 Å². The fourth-order valence-electron chi connectivity index (χ4n) is 2.68. The summed E-state index contributed by atoms with van der Waals surface area (Å²) in [5.74, 6) is 0.516. The summed E-state index contributed by atoms with van der Waals surface area (Å²) in [5.41, 5.74) is 3.46. The molecule has 0 bridgehead atoms. The molecular weight excluding hydrogens is 407 g/mol. The van der Waals surface area contributed by atoms with E-state index < -0.39 is 8.60 Å². The summed E-state index contributed by atoms with van der Waals surface area (Å²) < 4.78 is 18.0. The Morgan fingerprint density at radius 2 is 1.24 bits per heavy atom. The molecule has 146 valence electrons. The van der Waals surface area contributed by atoms with Gasteiger partial charge in [0.2, 0.25) is 0 Å². The molecule has 0 N–H and O–H groups in total. The summed E-state index contributed by atoms with van der Waals surface area (Å²) in [7, 11) is -1.70. The van der Waals surface area contributed by atoms with Gasteiger partial charge in [-0.2, -0.15) is 0 Å². The van der Waals surface area contributed by atoms with E-state index in [2.05, 4.69) is 9.98 Å². The van der Waals surface area contributed by atoms with Crippen molar-refractivity contribution >= 4 is 44.0 Å². The maximum absolute atomic E-state index is 6.24. The molecule has 3 aromatic carbocycles. The van der Waals surface area contributed by atoms with Crippen molar-refractivity contribution in [2.75, 3.05) is 0 Å². The van der Waals surface area contributed by atoms with E-state index in [0.29, 0.717) is 24.0 Å². The Balaban J connectivity index is 1.65. The van der Waals surface area contributed by atoms with Crippen LogP contribution >= 0.6 is 20.2 Å². The first-order chi connectivity index (χ1) is 14.3. The van der Waals surface area contributed by atoms with E-state index >= 15 is 0 Å². The second kappa shape index (κ2) is 9.77. The van der Waals surface area contributed by atoms with Gasteiger partial charge < -0.3 is 4.52 Å². The number of halogens is 1. The van der Waals surface area contributed by atoms with Gasteiger partial charge in [0.05, 0.1) is 29.6 Å². The lowest BCUT2D eigenvalue weighted by atomic mass is 10.2. The Morgan fingerprint density at radius 1 is 0.724 bits per heavy atom. The number of nitrogens with zero attached hydrogens (tertiary/aromatic N) is 2. The Hall–Kier alpha value is -2.56. The van der Waals surface area contributed by atoms with E-state index in [4.69, 9.17) is 25.2 Å².